The summed E-state index contributed by atoms with van der Waals surface area (Å²) in [6, 6.07) is 1.58. The summed E-state index contributed by atoms with van der Waals surface area (Å²) in [6.07, 6.45) is 5.48. The molecule has 0 bridgehead atoms. The molecule has 9 heavy (non-hydrogen) atoms. The van der Waals surface area contributed by atoms with E-state index in [1.54, 1.807) is 0 Å². The lowest BCUT2D eigenvalue weighted by atomic mass is 9.98. The Kier molecular flexibility index (Phi) is 2.52. The molecule has 0 aromatic rings. The van der Waals surface area contributed by atoms with E-state index in [1.807, 2.05) is 0 Å². The van der Waals surface area contributed by atoms with Gasteiger partial charge >= 0.3 is 0 Å². The van der Waals surface area contributed by atoms with Crippen LogP contribution in [0.2, 0.25) is 0 Å². The molecular weight excluding hydrogens is 110 g/mol. The van der Waals surface area contributed by atoms with Crippen LogP contribution in [0, 0.1) is 0 Å². The smallest absolute Gasteiger partial charge is 0.00669 e. The van der Waals surface area contributed by atoms with E-state index in [1.165, 1.54) is 25.7 Å². The Labute approximate surface area is 57.8 Å². The summed E-state index contributed by atoms with van der Waals surface area (Å²) >= 11 is 0. The van der Waals surface area contributed by atoms with Crippen LogP contribution in [0.3, 0.4) is 0 Å². The van der Waals surface area contributed by atoms with Gasteiger partial charge in [0, 0.05) is 12.1 Å². The molecule has 0 saturated carbocycles. The summed E-state index contributed by atoms with van der Waals surface area (Å²) in [5, 5.41) is 3.57. The summed E-state index contributed by atoms with van der Waals surface area (Å²) < 4.78 is 0. The second kappa shape index (κ2) is 3.21. The number of hydrogen-bond acceptors (Lipinski definition) is 1. The Bertz CT molecular complexity index is 80.6. The van der Waals surface area contributed by atoms with Crippen LogP contribution in [-0.4, -0.2) is 12.1 Å². The Morgan fingerprint density at radius 3 is 2.67 bits per heavy atom. The average molecular weight is 127 g/mol. The van der Waals surface area contributed by atoms with Gasteiger partial charge in [-0.3, -0.25) is 0 Å². The van der Waals surface area contributed by atoms with E-state index in [0.717, 1.165) is 12.1 Å². The highest BCUT2D eigenvalue weighted by Gasteiger charge is 2.14. The van der Waals surface area contributed by atoms with Crippen molar-refractivity contribution in [1.82, 2.24) is 5.32 Å². The first kappa shape index (κ1) is 7.07. The van der Waals surface area contributed by atoms with Crippen molar-refractivity contribution in [1.29, 1.82) is 0 Å². The van der Waals surface area contributed by atoms with Crippen molar-refractivity contribution in [2.75, 3.05) is 0 Å². The van der Waals surface area contributed by atoms with Crippen LogP contribution in [0.1, 0.15) is 39.5 Å². The molecule has 0 radical (unpaired) electrons. The van der Waals surface area contributed by atoms with Crippen molar-refractivity contribution in [3.63, 3.8) is 0 Å². The minimum Gasteiger partial charge on any atom is -0.312 e. The van der Waals surface area contributed by atoms with E-state index < -0.39 is 0 Å². The van der Waals surface area contributed by atoms with E-state index in [2.05, 4.69) is 19.2 Å². The van der Waals surface area contributed by atoms with E-state index in [0.29, 0.717) is 0 Å². The van der Waals surface area contributed by atoms with Crippen LogP contribution < -0.4 is 5.32 Å². The van der Waals surface area contributed by atoms with E-state index >= 15 is 0 Å². The summed E-state index contributed by atoms with van der Waals surface area (Å²) in [6.45, 7) is 4.54. The van der Waals surface area contributed by atoms with Gasteiger partial charge in [0.05, 0.1) is 0 Å². The molecule has 54 valence electrons. The van der Waals surface area contributed by atoms with Crippen LogP contribution >= 0.6 is 0 Å². The Morgan fingerprint density at radius 2 is 2.22 bits per heavy atom. The van der Waals surface area contributed by atoms with E-state index in [9.17, 15) is 0 Å². The first-order chi connectivity index (χ1) is 4.33. The second-order valence-corrected chi connectivity index (χ2v) is 3.10. The van der Waals surface area contributed by atoms with Crippen LogP contribution in [0.4, 0.5) is 0 Å². The summed E-state index contributed by atoms with van der Waals surface area (Å²) in [5.41, 5.74) is 0. The lowest BCUT2D eigenvalue weighted by molar-refractivity contribution is 0.329. The number of nitrogens with one attached hydrogen (secondary N) is 1. The molecule has 0 aromatic heterocycles. The molecule has 1 N–H and O–H groups in total. The van der Waals surface area contributed by atoms with Crippen molar-refractivity contribution in [3.05, 3.63) is 0 Å². The third kappa shape index (κ3) is 1.98. The van der Waals surface area contributed by atoms with Gasteiger partial charge in [-0.05, 0) is 26.2 Å². The molecule has 1 heteroatoms. The third-order valence-corrected chi connectivity index (χ3v) is 2.20. The molecule has 0 spiro atoms. The Balaban J connectivity index is 2.23. The van der Waals surface area contributed by atoms with Crippen molar-refractivity contribution in [2.45, 2.75) is 51.6 Å². The number of piperidine rings is 1. The van der Waals surface area contributed by atoms with Gasteiger partial charge in [-0.15, -0.1) is 0 Å². The highest BCUT2D eigenvalue weighted by molar-refractivity contribution is 4.75. The highest BCUT2D eigenvalue weighted by atomic mass is 14.9. The molecule has 1 rings (SSSR count). The van der Waals surface area contributed by atoms with Gasteiger partial charge in [-0.2, -0.15) is 0 Å². The highest BCUT2D eigenvalue weighted by Crippen LogP contribution is 2.13. The maximum absolute atomic E-state index is 3.57. The van der Waals surface area contributed by atoms with Gasteiger partial charge in [-0.1, -0.05) is 13.3 Å². The molecule has 0 unspecified atom stereocenters. The lowest BCUT2D eigenvalue weighted by Crippen LogP contribution is -2.39. The first-order valence-electron chi connectivity index (χ1n) is 4.09. The summed E-state index contributed by atoms with van der Waals surface area (Å²) in [5.74, 6) is 0. The number of hydrogen-bond donors (Lipinski definition) is 1. The fraction of sp³-hybridized carbons (Fsp3) is 1.00. The summed E-state index contributed by atoms with van der Waals surface area (Å²) in [7, 11) is 0. The van der Waals surface area contributed by atoms with Crippen molar-refractivity contribution in [2.24, 2.45) is 0 Å². The Morgan fingerprint density at radius 1 is 1.44 bits per heavy atom. The maximum atomic E-state index is 3.57. The average Bonchev–Trinajstić information content (AvgIpc) is 1.88. The van der Waals surface area contributed by atoms with Crippen molar-refractivity contribution >= 4 is 0 Å². The molecule has 0 aromatic carbocycles. The largest absolute Gasteiger partial charge is 0.312 e. The normalized spacial score (nSPS) is 36.7. The van der Waals surface area contributed by atoms with Crippen molar-refractivity contribution < 1.29 is 0 Å². The molecule has 1 nitrogen and oxygen atoms in total. The maximum Gasteiger partial charge on any atom is 0.00669 e. The van der Waals surface area contributed by atoms with Gasteiger partial charge < -0.3 is 5.32 Å². The molecule has 1 aliphatic rings. The minimum atomic E-state index is 0.767. The lowest BCUT2D eigenvalue weighted by Gasteiger charge is -2.27. The zero-order valence-electron chi connectivity index (χ0n) is 6.48. The van der Waals surface area contributed by atoms with Crippen LogP contribution in [0.5, 0.6) is 0 Å². The third-order valence-electron chi connectivity index (χ3n) is 2.20. The van der Waals surface area contributed by atoms with Crippen LogP contribution in [0.25, 0.3) is 0 Å². The van der Waals surface area contributed by atoms with Gasteiger partial charge in [0.2, 0.25) is 0 Å². The number of rotatable bonds is 1. The SMILES string of the molecule is CC[C@@H]1CCC[C@@H](C)N1. The standard InChI is InChI=1S/C8H17N/c1-3-8-6-4-5-7(2)9-8/h7-9H,3-6H2,1-2H3/t7-,8-/m1/s1. The molecule has 2 atom stereocenters. The first-order valence-corrected chi connectivity index (χ1v) is 4.09. The molecule has 1 aliphatic heterocycles. The van der Waals surface area contributed by atoms with Crippen molar-refractivity contribution in [3.8, 4) is 0 Å². The minimum absolute atomic E-state index is 0.767. The van der Waals surface area contributed by atoms with Gasteiger partial charge in [0.25, 0.3) is 0 Å². The topological polar surface area (TPSA) is 12.0 Å². The molecular formula is C8H17N. The zero-order valence-corrected chi connectivity index (χ0v) is 6.48. The van der Waals surface area contributed by atoms with E-state index in [4.69, 9.17) is 0 Å². The van der Waals surface area contributed by atoms with Gasteiger partial charge in [0.1, 0.15) is 0 Å². The van der Waals surface area contributed by atoms with Crippen LogP contribution in [-0.2, 0) is 0 Å². The molecule has 0 aliphatic carbocycles. The predicted octanol–water partition coefficient (Wildman–Crippen LogP) is 1.93. The quantitative estimate of drug-likeness (QED) is 0.567. The molecule has 1 fully saturated rings. The fourth-order valence-electron chi connectivity index (χ4n) is 1.56. The van der Waals surface area contributed by atoms with Gasteiger partial charge in [-0.25, -0.2) is 0 Å². The predicted molar refractivity (Wildman–Crippen MR) is 40.5 cm³/mol. The fourth-order valence-corrected chi connectivity index (χ4v) is 1.56. The monoisotopic (exact) mass is 127 g/mol. The Hall–Kier alpha value is -0.0400. The molecule has 0 amide bonds. The van der Waals surface area contributed by atoms with Gasteiger partial charge in [0.15, 0.2) is 0 Å². The second-order valence-electron chi connectivity index (χ2n) is 3.10. The molecule has 1 saturated heterocycles. The van der Waals surface area contributed by atoms with E-state index in [-0.39, 0.29) is 0 Å². The van der Waals surface area contributed by atoms with Crippen LogP contribution in [0.15, 0.2) is 0 Å². The summed E-state index contributed by atoms with van der Waals surface area (Å²) in [4.78, 5) is 0. The zero-order chi connectivity index (χ0) is 6.69. The molecule has 1 heterocycles.